The molecule has 0 spiro atoms. The molecule has 0 amide bonds. The normalized spacial score (nSPS) is 10.4. The maximum atomic E-state index is 4.20. The summed E-state index contributed by atoms with van der Waals surface area (Å²) in [5, 5.41) is 1.27. The van der Waals surface area contributed by atoms with Crippen LogP contribution in [0.1, 0.15) is 26.7 Å². The molecule has 0 unspecified atom stereocenters. The van der Waals surface area contributed by atoms with Crippen molar-refractivity contribution in [1.82, 2.24) is 4.98 Å². The molecule has 1 heterocycles. The number of nitrogens with zero attached hydrogens (tertiary/aromatic N) is 2. The Morgan fingerprint density at radius 2 is 2.00 bits per heavy atom. The fraction of sp³-hybridized carbons (Fsp3) is 0.667. The lowest BCUT2D eigenvalue weighted by molar-refractivity contribution is 0.750. The molecular formula is C9H15BrN2S. The number of halogens is 1. The number of anilines is 1. The van der Waals surface area contributed by atoms with Crippen molar-refractivity contribution in [3.8, 4) is 0 Å². The SMILES string of the molecule is CCCN(CCC)c1cnc(Br)s1. The summed E-state index contributed by atoms with van der Waals surface area (Å²) in [6, 6.07) is 0. The maximum absolute atomic E-state index is 4.20. The number of hydrogen-bond donors (Lipinski definition) is 0. The highest BCUT2D eigenvalue weighted by molar-refractivity contribution is 9.11. The second kappa shape index (κ2) is 5.60. The van der Waals surface area contributed by atoms with E-state index in [1.54, 1.807) is 11.3 Å². The molecule has 0 aliphatic heterocycles. The first-order chi connectivity index (χ1) is 6.27. The van der Waals surface area contributed by atoms with Crippen LogP contribution >= 0.6 is 27.3 Å². The van der Waals surface area contributed by atoms with Crippen LogP contribution < -0.4 is 4.90 Å². The van der Waals surface area contributed by atoms with Gasteiger partial charge >= 0.3 is 0 Å². The van der Waals surface area contributed by atoms with E-state index in [2.05, 4.69) is 39.7 Å². The smallest absolute Gasteiger partial charge is 0.161 e. The Hall–Kier alpha value is -0.0900. The number of aromatic nitrogens is 1. The van der Waals surface area contributed by atoms with Gasteiger partial charge in [0.05, 0.1) is 6.20 Å². The van der Waals surface area contributed by atoms with Crippen LogP contribution in [0.25, 0.3) is 0 Å². The zero-order valence-corrected chi connectivity index (χ0v) is 10.5. The minimum absolute atomic E-state index is 0.972. The van der Waals surface area contributed by atoms with Gasteiger partial charge in [-0.2, -0.15) is 0 Å². The highest BCUT2D eigenvalue weighted by Crippen LogP contribution is 2.27. The van der Waals surface area contributed by atoms with Gasteiger partial charge in [-0.15, -0.1) is 0 Å². The number of thiazole rings is 1. The van der Waals surface area contributed by atoms with Crippen molar-refractivity contribution in [2.24, 2.45) is 0 Å². The van der Waals surface area contributed by atoms with Gasteiger partial charge in [0, 0.05) is 13.1 Å². The molecule has 0 aliphatic carbocycles. The van der Waals surface area contributed by atoms with E-state index in [0.717, 1.165) is 17.0 Å². The number of rotatable bonds is 5. The molecule has 0 saturated heterocycles. The van der Waals surface area contributed by atoms with E-state index >= 15 is 0 Å². The molecule has 1 aromatic rings. The molecular weight excluding hydrogens is 248 g/mol. The van der Waals surface area contributed by atoms with E-state index in [9.17, 15) is 0 Å². The van der Waals surface area contributed by atoms with Gasteiger partial charge in [0.1, 0.15) is 5.00 Å². The molecule has 1 aromatic heterocycles. The summed E-state index contributed by atoms with van der Waals surface area (Å²) in [5.41, 5.74) is 0. The summed E-state index contributed by atoms with van der Waals surface area (Å²) in [5.74, 6) is 0. The minimum Gasteiger partial charge on any atom is -0.362 e. The fourth-order valence-corrected chi connectivity index (χ4v) is 2.56. The van der Waals surface area contributed by atoms with Crippen molar-refractivity contribution < 1.29 is 0 Å². The largest absolute Gasteiger partial charge is 0.362 e. The Bertz CT molecular complexity index is 244. The van der Waals surface area contributed by atoms with Crippen molar-refractivity contribution in [3.05, 3.63) is 10.1 Å². The van der Waals surface area contributed by atoms with Crippen LogP contribution in [0.15, 0.2) is 10.1 Å². The molecule has 0 aliphatic rings. The topological polar surface area (TPSA) is 16.1 Å². The Kier molecular flexibility index (Phi) is 4.73. The van der Waals surface area contributed by atoms with E-state index in [-0.39, 0.29) is 0 Å². The highest BCUT2D eigenvalue weighted by Gasteiger charge is 2.07. The van der Waals surface area contributed by atoms with Crippen molar-refractivity contribution in [3.63, 3.8) is 0 Å². The third-order valence-corrected chi connectivity index (χ3v) is 3.30. The standard InChI is InChI=1S/C9H15BrN2S/c1-3-5-12(6-4-2)8-7-11-9(10)13-8/h7H,3-6H2,1-2H3. The third-order valence-electron chi connectivity index (χ3n) is 1.76. The molecule has 0 aromatic carbocycles. The third kappa shape index (κ3) is 3.27. The van der Waals surface area contributed by atoms with Crippen LogP contribution in [0.3, 0.4) is 0 Å². The maximum Gasteiger partial charge on any atom is 0.161 e. The van der Waals surface area contributed by atoms with Crippen LogP contribution in [0.2, 0.25) is 0 Å². The summed E-state index contributed by atoms with van der Waals surface area (Å²) in [6.07, 6.45) is 4.32. The van der Waals surface area contributed by atoms with E-state index in [1.165, 1.54) is 17.8 Å². The second-order valence-corrected chi connectivity index (χ2v) is 5.22. The van der Waals surface area contributed by atoms with Gasteiger partial charge in [0.25, 0.3) is 0 Å². The molecule has 0 fully saturated rings. The minimum atomic E-state index is 0.972. The monoisotopic (exact) mass is 262 g/mol. The molecule has 0 N–H and O–H groups in total. The van der Waals surface area contributed by atoms with E-state index in [4.69, 9.17) is 0 Å². The summed E-state index contributed by atoms with van der Waals surface area (Å²) in [4.78, 5) is 6.59. The summed E-state index contributed by atoms with van der Waals surface area (Å²) in [7, 11) is 0. The first-order valence-electron chi connectivity index (χ1n) is 4.64. The summed E-state index contributed by atoms with van der Waals surface area (Å²) in [6.45, 7) is 6.67. The Balaban J connectivity index is 2.63. The van der Waals surface area contributed by atoms with Crippen molar-refractivity contribution >= 4 is 32.3 Å². The van der Waals surface area contributed by atoms with E-state index in [0.29, 0.717) is 0 Å². The molecule has 74 valence electrons. The predicted molar refractivity (Wildman–Crippen MR) is 62.6 cm³/mol. The number of hydrogen-bond acceptors (Lipinski definition) is 3. The Morgan fingerprint density at radius 3 is 2.38 bits per heavy atom. The van der Waals surface area contributed by atoms with Crippen molar-refractivity contribution in [2.75, 3.05) is 18.0 Å². The van der Waals surface area contributed by atoms with Crippen LogP contribution in [0.5, 0.6) is 0 Å². The van der Waals surface area contributed by atoms with Crippen LogP contribution in [-0.4, -0.2) is 18.1 Å². The van der Waals surface area contributed by atoms with Gasteiger partial charge in [-0.1, -0.05) is 25.2 Å². The lowest BCUT2D eigenvalue weighted by atomic mass is 10.4. The zero-order valence-electron chi connectivity index (χ0n) is 8.09. The van der Waals surface area contributed by atoms with Gasteiger partial charge in [-0.05, 0) is 28.8 Å². The van der Waals surface area contributed by atoms with Crippen LogP contribution in [0.4, 0.5) is 5.00 Å². The molecule has 4 heteroatoms. The summed E-state index contributed by atoms with van der Waals surface area (Å²) >= 11 is 5.09. The van der Waals surface area contributed by atoms with Crippen LogP contribution in [0, 0.1) is 0 Å². The average molecular weight is 263 g/mol. The molecule has 0 atom stereocenters. The molecule has 0 bridgehead atoms. The van der Waals surface area contributed by atoms with Gasteiger partial charge in [0.15, 0.2) is 3.92 Å². The fourth-order valence-electron chi connectivity index (χ4n) is 1.26. The molecule has 0 radical (unpaired) electrons. The van der Waals surface area contributed by atoms with Crippen molar-refractivity contribution in [1.29, 1.82) is 0 Å². The predicted octanol–water partition coefficient (Wildman–Crippen LogP) is 3.53. The first-order valence-corrected chi connectivity index (χ1v) is 6.25. The second-order valence-electron chi connectivity index (χ2n) is 2.94. The van der Waals surface area contributed by atoms with Gasteiger partial charge < -0.3 is 4.90 Å². The molecule has 1 rings (SSSR count). The summed E-state index contributed by atoms with van der Waals surface area (Å²) < 4.78 is 0.972. The first kappa shape index (κ1) is 11.0. The Morgan fingerprint density at radius 1 is 1.38 bits per heavy atom. The molecule has 13 heavy (non-hydrogen) atoms. The van der Waals surface area contributed by atoms with Crippen molar-refractivity contribution in [2.45, 2.75) is 26.7 Å². The quantitative estimate of drug-likeness (QED) is 0.807. The lowest BCUT2D eigenvalue weighted by Crippen LogP contribution is -2.23. The van der Waals surface area contributed by atoms with Gasteiger partial charge in [0.2, 0.25) is 0 Å². The molecule has 0 saturated carbocycles. The van der Waals surface area contributed by atoms with Gasteiger partial charge in [-0.3, -0.25) is 0 Å². The van der Waals surface area contributed by atoms with E-state index in [1.807, 2.05) is 6.20 Å². The highest BCUT2D eigenvalue weighted by atomic mass is 79.9. The zero-order chi connectivity index (χ0) is 9.68. The molecule has 2 nitrogen and oxygen atoms in total. The van der Waals surface area contributed by atoms with E-state index < -0.39 is 0 Å². The Labute approximate surface area is 92.1 Å². The van der Waals surface area contributed by atoms with Gasteiger partial charge in [-0.25, -0.2) is 4.98 Å². The van der Waals surface area contributed by atoms with Crippen LogP contribution in [-0.2, 0) is 0 Å². The lowest BCUT2D eigenvalue weighted by Gasteiger charge is -2.20. The average Bonchev–Trinajstić information content (AvgIpc) is 2.51.